The number of rotatable bonds is 3. The van der Waals surface area contributed by atoms with Crippen molar-refractivity contribution < 1.29 is 0 Å². The molecule has 0 N–H and O–H groups in total. The zero-order valence-electron chi connectivity index (χ0n) is 10.2. The van der Waals surface area contributed by atoms with Gasteiger partial charge in [0.2, 0.25) is 0 Å². The first kappa shape index (κ1) is 13.6. The molecule has 0 atom stereocenters. The summed E-state index contributed by atoms with van der Waals surface area (Å²) < 4.78 is 0.680. The van der Waals surface area contributed by atoms with Crippen LogP contribution in [0.1, 0.15) is 0 Å². The van der Waals surface area contributed by atoms with E-state index in [4.69, 9.17) is 17.5 Å². The van der Waals surface area contributed by atoms with Crippen molar-refractivity contribution in [2.45, 2.75) is 4.90 Å². The monoisotopic (exact) mass is 284 g/mol. The molecule has 0 spiro atoms. The first-order valence-electron chi connectivity index (χ1n) is 5.77. The van der Waals surface area contributed by atoms with Gasteiger partial charge in [-0.2, -0.15) is 5.26 Å². The molecule has 2 nitrogen and oxygen atoms in total. The van der Waals surface area contributed by atoms with Crippen LogP contribution in [0.25, 0.3) is 0 Å². The summed E-state index contributed by atoms with van der Waals surface area (Å²) in [6, 6.07) is 21.8. The third kappa shape index (κ3) is 3.82. The average molecular weight is 284 g/mol. The molecule has 0 unspecified atom stereocenters. The highest BCUT2D eigenvalue weighted by Gasteiger charge is 2.12. The average Bonchev–Trinajstić information content (AvgIpc) is 2.46. The maximum absolute atomic E-state index is 8.95. The number of thioether (sulfide) groups is 1. The highest BCUT2D eigenvalue weighted by atomic mass is 32.2. The first-order valence-corrected chi connectivity index (χ1v) is 7.00. The minimum Gasteiger partial charge on any atom is -0.313 e. The molecule has 0 saturated carbocycles. The van der Waals surface area contributed by atoms with E-state index < -0.39 is 0 Å². The molecule has 0 aliphatic heterocycles. The molecule has 0 fully saturated rings. The minimum absolute atomic E-state index is 0.253. The van der Waals surface area contributed by atoms with Gasteiger partial charge in [-0.3, -0.25) is 0 Å². The van der Waals surface area contributed by atoms with E-state index in [2.05, 4.69) is 6.07 Å². The quantitative estimate of drug-likeness (QED) is 0.482. The fourth-order valence-electron chi connectivity index (χ4n) is 1.58. The standard InChI is InChI=1S/C15H12N2S2/c16-11-12-17(13-7-3-1-4-8-13)15(18)19-14-9-5-2-6-10-14/h1-10H,12H2. The normalized spacial score (nSPS) is 9.63. The summed E-state index contributed by atoms with van der Waals surface area (Å²) in [5.74, 6) is 0. The van der Waals surface area contributed by atoms with E-state index in [1.807, 2.05) is 65.6 Å². The van der Waals surface area contributed by atoms with Crippen LogP contribution in [0.3, 0.4) is 0 Å². The van der Waals surface area contributed by atoms with Crippen LogP contribution in [0.15, 0.2) is 65.6 Å². The van der Waals surface area contributed by atoms with Crippen molar-refractivity contribution >= 4 is 34.0 Å². The highest BCUT2D eigenvalue weighted by molar-refractivity contribution is 8.23. The number of anilines is 1. The fourth-order valence-corrected chi connectivity index (χ4v) is 2.82. The molecule has 2 aromatic carbocycles. The van der Waals surface area contributed by atoms with Gasteiger partial charge in [0.15, 0.2) is 0 Å². The number of benzene rings is 2. The van der Waals surface area contributed by atoms with Gasteiger partial charge in [0, 0.05) is 10.6 Å². The summed E-state index contributed by atoms with van der Waals surface area (Å²) in [6.07, 6.45) is 0. The third-order valence-corrected chi connectivity index (χ3v) is 3.84. The topological polar surface area (TPSA) is 27.0 Å². The molecule has 94 valence electrons. The molecule has 4 heteroatoms. The van der Waals surface area contributed by atoms with Gasteiger partial charge in [-0.1, -0.05) is 60.4 Å². The Balaban J connectivity index is 2.16. The van der Waals surface area contributed by atoms with E-state index in [1.165, 1.54) is 11.8 Å². The summed E-state index contributed by atoms with van der Waals surface area (Å²) in [7, 11) is 0. The lowest BCUT2D eigenvalue weighted by atomic mass is 10.3. The fraction of sp³-hybridized carbons (Fsp3) is 0.0667. The van der Waals surface area contributed by atoms with Crippen LogP contribution in [0.2, 0.25) is 0 Å². The van der Waals surface area contributed by atoms with Crippen LogP contribution in [-0.4, -0.2) is 10.9 Å². The van der Waals surface area contributed by atoms with Crippen molar-refractivity contribution in [2.24, 2.45) is 0 Å². The van der Waals surface area contributed by atoms with Crippen LogP contribution in [0.4, 0.5) is 5.69 Å². The van der Waals surface area contributed by atoms with Gasteiger partial charge in [-0.05, 0) is 24.3 Å². The number of thiocarbonyl (C=S) groups is 1. The van der Waals surface area contributed by atoms with E-state index in [0.717, 1.165) is 10.6 Å². The van der Waals surface area contributed by atoms with Crippen LogP contribution >= 0.6 is 24.0 Å². The molecule has 0 heterocycles. The lowest BCUT2D eigenvalue weighted by Gasteiger charge is -2.21. The van der Waals surface area contributed by atoms with E-state index in [9.17, 15) is 0 Å². The number of nitrogens with zero attached hydrogens (tertiary/aromatic N) is 2. The summed E-state index contributed by atoms with van der Waals surface area (Å²) in [5, 5.41) is 8.95. The van der Waals surface area contributed by atoms with E-state index >= 15 is 0 Å². The van der Waals surface area contributed by atoms with Gasteiger partial charge >= 0.3 is 0 Å². The van der Waals surface area contributed by atoms with Crippen molar-refractivity contribution in [2.75, 3.05) is 11.4 Å². The predicted molar refractivity (Wildman–Crippen MR) is 84.3 cm³/mol. The van der Waals surface area contributed by atoms with Crippen molar-refractivity contribution in [3.63, 3.8) is 0 Å². The van der Waals surface area contributed by atoms with E-state index in [-0.39, 0.29) is 6.54 Å². The van der Waals surface area contributed by atoms with Gasteiger partial charge in [0.05, 0.1) is 6.07 Å². The Hall–Kier alpha value is -1.83. The van der Waals surface area contributed by atoms with Gasteiger partial charge in [0.1, 0.15) is 10.9 Å². The van der Waals surface area contributed by atoms with Crippen LogP contribution < -0.4 is 4.90 Å². The second-order valence-electron chi connectivity index (χ2n) is 3.76. The van der Waals surface area contributed by atoms with E-state index in [0.29, 0.717) is 4.32 Å². The van der Waals surface area contributed by atoms with Crippen molar-refractivity contribution in [1.29, 1.82) is 5.26 Å². The Kier molecular flexibility index (Phi) is 4.96. The van der Waals surface area contributed by atoms with Gasteiger partial charge < -0.3 is 4.90 Å². The third-order valence-electron chi connectivity index (χ3n) is 2.47. The lowest BCUT2D eigenvalue weighted by molar-refractivity contribution is 1.17. The molecule has 0 saturated heterocycles. The molecule has 0 amide bonds. The molecular formula is C15H12N2S2. The number of para-hydroxylation sites is 1. The van der Waals surface area contributed by atoms with Gasteiger partial charge in [-0.15, -0.1) is 0 Å². The van der Waals surface area contributed by atoms with Crippen molar-refractivity contribution in [1.82, 2.24) is 0 Å². The Bertz CT molecular complexity index is 576. The van der Waals surface area contributed by atoms with E-state index in [1.54, 1.807) is 0 Å². The number of hydrogen-bond donors (Lipinski definition) is 0. The summed E-state index contributed by atoms with van der Waals surface area (Å²) in [6.45, 7) is 0.253. The number of hydrogen-bond acceptors (Lipinski definition) is 3. The Labute approximate surface area is 122 Å². The Morgan fingerprint density at radius 1 is 1.05 bits per heavy atom. The minimum atomic E-state index is 0.253. The maximum Gasteiger partial charge on any atom is 0.146 e. The highest BCUT2D eigenvalue weighted by Crippen LogP contribution is 2.25. The van der Waals surface area contributed by atoms with Crippen molar-refractivity contribution in [3.8, 4) is 6.07 Å². The zero-order valence-corrected chi connectivity index (χ0v) is 11.8. The molecule has 0 bridgehead atoms. The summed E-state index contributed by atoms with van der Waals surface area (Å²) in [5.41, 5.74) is 0.942. The predicted octanol–water partition coefficient (Wildman–Crippen LogP) is 4.09. The Morgan fingerprint density at radius 2 is 1.63 bits per heavy atom. The van der Waals surface area contributed by atoms with Crippen LogP contribution in [-0.2, 0) is 0 Å². The maximum atomic E-state index is 8.95. The number of nitriles is 1. The van der Waals surface area contributed by atoms with Crippen LogP contribution in [0, 0.1) is 11.3 Å². The van der Waals surface area contributed by atoms with Crippen molar-refractivity contribution in [3.05, 3.63) is 60.7 Å². The second kappa shape index (κ2) is 6.93. The second-order valence-corrected chi connectivity index (χ2v) is 5.47. The molecule has 0 radical (unpaired) electrons. The first-order chi connectivity index (χ1) is 9.31. The lowest BCUT2D eigenvalue weighted by Crippen LogP contribution is -2.27. The molecule has 19 heavy (non-hydrogen) atoms. The molecule has 0 aliphatic rings. The largest absolute Gasteiger partial charge is 0.313 e. The van der Waals surface area contributed by atoms with Gasteiger partial charge in [-0.25, -0.2) is 0 Å². The molecule has 2 rings (SSSR count). The van der Waals surface area contributed by atoms with Crippen LogP contribution in [0.5, 0.6) is 0 Å². The smallest absolute Gasteiger partial charge is 0.146 e. The molecule has 2 aromatic rings. The Morgan fingerprint density at radius 3 is 2.21 bits per heavy atom. The summed E-state index contributed by atoms with van der Waals surface area (Å²) in [4.78, 5) is 2.92. The van der Waals surface area contributed by atoms with Gasteiger partial charge in [0.25, 0.3) is 0 Å². The molecular weight excluding hydrogens is 272 g/mol. The zero-order chi connectivity index (χ0) is 13.5. The summed E-state index contributed by atoms with van der Waals surface area (Å²) >= 11 is 6.94. The SMILES string of the molecule is N#CCN(C(=S)Sc1ccccc1)c1ccccc1. The molecule has 0 aromatic heterocycles. The molecule has 0 aliphatic carbocycles.